The average molecular weight is 293 g/mol. The molecular weight excluding hydrogens is 270 g/mol. The predicted octanol–water partition coefficient (Wildman–Crippen LogP) is 0.501. The van der Waals surface area contributed by atoms with Gasteiger partial charge in [-0.3, -0.25) is 4.79 Å². The Balaban J connectivity index is 1.36. The summed E-state index contributed by atoms with van der Waals surface area (Å²) < 4.78 is 7.53. The molecular formula is C14H23N5O2. The minimum Gasteiger partial charge on any atom is -0.376 e. The van der Waals surface area contributed by atoms with Gasteiger partial charge < -0.3 is 15.4 Å². The number of carbonyl (C=O) groups excluding carboxylic acids is 1. The number of hydrogen-bond acceptors (Lipinski definition) is 5. The molecule has 1 saturated heterocycles. The van der Waals surface area contributed by atoms with Crippen LogP contribution in [0.3, 0.4) is 0 Å². The maximum absolute atomic E-state index is 11.9. The molecule has 1 aliphatic heterocycles. The number of aromatic nitrogens is 3. The zero-order valence-electron chi connectivity index (χ0n) is 12.3. The van der Waals surface area contributed by atoms with Crippen LogP contribution in [-0.2, 0) is 4.74 Å². The lowest BCUT2D eigenvalue weighted by Crippen LogP contribution is -2.43. The van der Waals surface area contributed by atoms with E-state index in [1.807, 2.05) is 0 Å². The minimum absolute atomic E-state index is 0.180. The number of nitrogens with zero attached hydrogens (tertiary/aromatic N) is 3. The Morgan fingerprint density at radius 2 is 2.19 bits per heavy atom. The Bertz CT molecular complexity index is 466. The van der Waals surface area contributed by atoms with Crippen LogP contribution >= 0.6 is 0 Å². The van der Waals surface area contributed by atoms with Crippen molar-refractivity contribution < 1.29 is 9.53 Å². The first kappa shape index (κ1) is 14.5. The third-order valence-corrected chi connectivity index (χ3v) is 4.17. The number of ether oxygens (including phenoxy) is 1. The van der Waals surface area contributed by atoms with E-state index in [2.05, 4.69) is 20.9 Å². The SMILES string of the molecule is O=C(NCCOC1CCCCC1)c1cn(C2CNC2)nn1. The molecule has 0 spiro atoms. The smallest absolute Gasteiger partial charge is 0.273 e. The fourth-order valence-electron chi connectivity index (χ4n) is 2.73. The van der Waals surface area contributed by atoms with E-state index in [1.54, 1.807) is 10.9 Å². The van der Waals surface area contributed by atoms with Crippen molar-refractivity contribution in [3.8, 4) is 0 Å². The van der Waals surface area contributed by atoms with Gasteiger partial charge in [0, 0.05) is 19.6 Å². The largest absolute Gasteiger partial charge is 0.376 e. The highest BCUT2D eigenvalue weighted by atomic mass is 16.5. The molecule has 1 aromatic rings. The molecule has 3 rings (SSSR count). The number of rotatable bonds is 6. The van der Waals surface area contributed by atoms with Gasteiger partial charge in [-0.25, -0.2) is 4.68 Å². The summed E-state index contributed by atoms with van der Waals surface area (Å²) in [4.78, 5) is 11.9. The maximum Gasteiger partial charge on any atom is 0.273 e. The second-order valence-corrected chi connectivity index (χ2v) is 5.78. The van der Waals surface area contributed by atoms with Gasteiger partial charge in [-0.2, -0.15) is 0 Å². The summed E-state index contributed by atoms with van der Waals surface area (Å²) in [5.41, 5.74) is 0.375. The summed E-state index contributed by atoms with van der Waals surface area (Å²) in [6.07, 6.45) is 8.23. The first-order chi connectivity index (χ1) is 10.3. The molecule has 21 heavy (non-hydrogen) atoms. The molecule has 1 aliphatic carbocycles. The standard InChI is InChI=1S/C14H23N5O2/c20-14(13-10-19(18-17-13)11-8-15-9-11)16-6-7-21-12-4-2-1-3-5-12/h10-12,15H,1-9H2,(H,16,20). The highest BCUT2D eigenvalue weighted by molar-refractivity contribution is 5.91. The van der Waals surface area contributed by atoms with Crippen molar-refractivity contribution in [2.75, 3.05) is 26.2 Å². The molecule has 2 N–H and O–H groups in total. The monoisotopic (exact) mass is 293 g/mol. The first-order valence-electron chi connectivity index (χ1n) is 7.85. The maximum atomic E-state index is 11.9. The highest BCUT2D eigenvalue weighted by Crippen LogP contribution is 2.19. The van der Waals surface area contributed by atoms with Crippen molar-refractivity contribution in [3.63, 3.8) is 0 Å². The molecule has 1 saturated carbocycles. The fraction of sp³-hybridized carbons (Fsp3) is 0.786. The topological polar surface area (TPSA) is 81.1 Å². The molecule has 1 amide bonds. The van der Waals surface area contributed by atoms with Crippen LogP contribution in [0.5, 0.6) is 0 Å². The van der Waals surface area contributed by atoms with Gasteiger partial charge in [0.25, 0.3) is 5.91 Å². The molecule has 2 fully saturated rings. The van der Waals surface area contributed by atoms with Crippen LogP contribution in [0.15, 0.2) is 6.20 Å². The van der Waals surface area contributed by atoms with E-state index in [1.165, 1.54) is 19.3 Å². The van der Waals surface area contributed by atoms with E-state index < -0.39 is 0 Å². The zero-order valence-corrected chi connectivity index (χ0v) is 12.3. The molecule has 0 atom stereocenters. The average Bonchev–Trinajstić information content (AvgIpc) is 2.92. The van der Waals surface area contributed by atoms with Crippen molar-refractivity contribution >= 4 is 5.91 Å². The lowest BCUT2D eigenvalue weighted by molar-refractivity contribution is 0.0299. The number of amides is 1. The van der Waals surface area contributed by atoms with Crippen molar-refractivity contribution in [2.45, 2.75) is 44.2 Å². The Kier molecular flexibility index (Phi) is 4.82. The predicted molar refractivity (Wildman–Crippen MR) is 77.1 cm³/mol. The van der Waals surface area contributed by atoms with Crippen molar-refractivity contribution in [2.24, 2.45) is 0 Å². The van der Waals surface area contributed by atoms with Crippen molar-refractivity contribution in [1.29, 1.82) is 0 Å². The van der Waals surface area contributed by atoms with Crippen LogP contribution in [0.4, 0.5) is 0 Å². The molecule has 0 unspecified atom stereocenters. The van der Waals surface area contributed by atoms with E-state index in [0.29, 0.717) is 31.0 Å². The van der Waals surface area contributed by atoms with E-state index in [9.17, 15) is 4.79 Å². The summed E-state index contributed by atoms with van der Waals surface area (Å²) in [5, 5.41) is 13.9. The second-order valence-electron chi connectivity index (χ2n) is 5.78. The summed E-state index contributed by atoms with van der Waals surface area (Å²) in [6, 6.07) is 0.327. The van der Waals surface area contributed by atoms with Crippen LogP contribution in [0, 0.1) is 0 Å². The Labute approximate surface area is 124 Å². The van der Waals surface area contributed by atoms with Gasteiger partial charge in [0.05, 0.1) is 24.9 Å². The van der Waals surface area contributed by atoms with Crippen molar-refractivity contribution in [1.82, 2.24) is 25.6 Å². The molecule has 7 heteroatoms. The van der Waals surface area contributed by atoms with E-state index in [4.69, 9.17) is 4.74 Å². The molecule has 116 valence electrons. The van der Waals surface area contributed by atoms with E-state index in [0.717, 1.165) is 25.9 Å². The number of nitrogens with one attached hydrogen (secondary N) is 2. The molecule has 0 radical (unpaired) electrons. The van der Waals surface area contributed by atoms with Gasteiger partial charge in [0.15, 0.2) is 5.69 Å². The van der Waals surface area contributed by atoms with Gasteiger partial charge in [-0.15, -0.1) is 5.10 Å². The normalized spacial score (nSPS) is 20.2. The third-order valence-electron chi connectivity index (χ3n) is 4.17. The minimum atomic E-state index is -0.180. The summed E-state index contributed by atoms with van der Waals surface area (Å²) in [6.45, 7) is 2.86. The molecule has 2 aliphatic rings. The van der Waals surface area contributed by atoms with Crippen molar-refractivity contribution in [3.05, 3.63) is 11.9 Å². The molecule has 2 heterocycles. The van der Waals surface area contributed by atoms with Crippen LogP contribution in [0.2, 0.25) is 0 Å². The lowest BCUT2D eigenvalue weighted by atomic mass is 9.98. The van der Waals surface area contributed by atoms with Crippen LogP contribution in [0.25, 0.3) is 0 Å². The number of carbonyl (C=O) groups is 1. The lowest BCUT2D eigenvalue weighted by Gasteiger charge is -2.26. The first-order valence-corrected chi connectivity index (χ1v) is 7.85. The third kappa shape index (κ3) is 3.79. The van der Waals surface area contributed by atoms with Gasteiger partial charge in [-0.1, -0.05) is 24.5 Å². The Morgan fingerprint density at radius 1 is 1.38 bits per heavy atom. The van der Waals surface area contributed by atoms with Crippen LogP contribution < -0.4 is 10.6 Å². The van der Waals surface area contributed by atoms with E-state index in [-0.39, 0.29) is 5.91 Å². The Morgan fingerprint density at radius 3 is 2.90 bits per heavy atom. The second kappa shape index (κ2) is 7.00. The van der Waals surface area contributed by atoms with E-state index >= 15 is 0 Å². The van der Waals surface area contributed by atoms with Crippen LogP contribution in [0.1, 0.15) is 48.6 Å². The fourth-order valence-corrected chi connectivity index (χ4v) is 2.73. The summed E-state index contributed by atoms with van der Waals surface area (Å²) in [7, 11) is 0. The highest BCUT2D eigenvalue weighted by Gasteiger charge is 2.21. The quantitative estimate of drug-likeness (QED) is 0.747. The van der Waals surface area contributed by atoms with Gasteiger partial charge >= 0.3 is 0 Å². The van der Waals surface area contributed by atoms with Gasteiger partial charge in [-0.05, 0) is 12.8 Å². The summed E-state index contributed by atoms with van der Waals surface area (Å²) >= 11 is 0. The van der Waals surface area contributed by atoms with Gasteiger partial charge in [0.2, 0.25) is 0 Å². The zero-order chi connectivity index (χ0) is 14.5. The Hall–Kier alpha value is -1.47. The molecule has 1 aromatic heterocycles. The molecule has 7 nitrogen and oxygen atoms in total. The number of hydrogen-bond donors (Lipinski definition) is 2. The van der Waals surface area contributed by atoms with Crippen LogP contribution in [-0.4, -0.2) is 53.2 Å². The summed E-state index contributed by atoms with van der Waals surface area (Å²) in [5.74, 6) is -0.180. The molecule has 0 aromatic carbocycles. The molecule has 0 bridgehead atoms. The van der Waals surface area contributed by atoms with Gasteiger partial charge in [0.1, 0.15) is 0 Å².